The van der Waals surface area contributed by atoms with Crippen LogP contribution in [0.4, 0.5) is 4.39 Å². The minimum absolute atomic E-state index is 0.142. The number of amides is 1. The molecule has 0 aromatic heterocycles. The summed E-state index contributed by atoms with van der Waals surface area (Å²) in [7, 11) is 6.14. The second-order valence-corrected chi connectivity index (χ2v) is 6.40. The van der Waals surface area contributed by atoms with Crippen LogP contribution in [0, 0.1) is 5.82 Å². The first-order valence-corrected chi connectivity index (χ1v) is 8.33. The van der Waals surface area contributed by atoms with Gasteiger partial charge in [-0.1, -0.05) is 11.6 Å². The van der Waals surface area contributed by atoms with E-state index in [0.717, 1.165) is 0 Å². The van der Waals surface area contributed by atoms with E-state index in [1.165, 1.54) is 44.4 Å². The molecule has 0 radical (unpaired) electrons. The second-order valence-electron chi connectivity index (χ2n) is 5.97. The summed E-state index contributed by atoms with van der Waals surface area (Å²) >= 11 is 6.08. The van der Waals surface area contributed by atoms with Crippen molar-refractivity contribution in [3.8, 4) is 17.2 Å². The van der Waals surface area contributed by atoms with E-state index in [2.05, 4.69) is 0 Å². The molecule has 138 valence electrons. The number of rotatable bonds is 4. The molecule has 1 heterocycles. The molecule has 1 atom stereocenters. The van der Waals surface area contributed by atoms with Gasteiger partial charge in [-0.25, -0.2) is 4.39 Å². The lowest BCUT2D eigenvalue weighted by Crippen LogP contribution is -2.38. The van der Waals surface area contributed by atoms with Gasteiger partial charge in [-0.2, -0.15) is 0 Å². The van der Waals surface area contributed by atoms with Crippen molar-refractivity contribution < 1.29 is 23.4 Å². The van der Waals surface area contributed by atoms with Crippen LogP contribution in [-0.4, -0.2) is 39.2 Å². The van der Waals surface area contributed by atoms with Crippen molar-refractivity contribution in [2.75, 3.05) is 28.4 Å². The fourth-order valence-corrected chi connectivity index (χ4v) is 3.57. The van der Waals surface area contributed by atoms with E-state index in [0.29, 0.717) is 39.0 Å². The number of likely N-dealkylation sites (N-methyl/N-ethyl adjacent to an activating group) is 1. The van der Waals surface area contributed by atoms with Gasteiger partial charge in [0.2, 0.25) is 11.7 Å². The maximum atomic E-state index is 14.6. The molecular weight excluding hydrogens is 361 g/mol. The summed E-state index contributed by atoms with van der Waals surface area (Å²) in [5, 5.41) is 0.383. The van der Waals surface area contributed by atoms with Crippen molar-refractivity contribution in [1.82, 2.24) is 4.90 Å². The van der Waals surface area contributed by atoms with E-state index in [4.69, 9.17) is 25.8 Å². The van der Waals surface area contributed by atoms with Crippen molar-refractivity contribution >= 4 is 17.5 Å². The van der Waals surface area contributed by atoms with Crippen LogP contribution in [0.2, 0.25) is 5.02 Å². The van der Waals surface area contributed by atoms with Crippen LogP contribution in [0.5, 0.6) is 17.2 Å². The Balaban J connectivity index is 2.35. The van der Waals surface area contributed by atoms with Gasteiger partial charge in [0, 0.05) is 23.2 Å². The number of fused-ring (bicyclic) bond motifs is 1. The van der Waals surface area contributed by atoms with E-state index in [1.807, 2.05) is 0 Å². The van der Waals surface area contributed by atoms with Gasteiger partial charge in [-0.15, -0.1) is 0 Å². The third-order valence-electron chi connectivity index (χ3n) is 4.60. The van der Waals surface area contributed by atoms with Crippen LogP contribution >= 0.6 is 11.6 Å². The Kier molecular flexibility index (Phi) is 4.96. The van der Waals surface area contributed by atoms with Crippen molar-refractivity contribution in [1.29, 1.82) is 0 Å². The third kappa shape index (κ3) is 2.84. The van der Waals surface area contributed by atoms with Gasteiger partial charge in [0.1, 0.15) is 5.82 Å². The average molecular weight is 380 g/mol. The zero-order valence-corrected chi connectivity index (χ0v) is 15.7. The number of halogens is 2. The molecule has 3 rings (SSSR count). The summed E-state index contributed by atoms with van der Waals surface area (Å²) in [6.45, 7) is 0. The Morgan fingerprint density at radius 3 is 2.42 bits per heavy atom. The smallest absolute Gasteiger partial charge is 0.227 e. The number of carbonyl (C=O) groups excluding carboxylic acids is 1. The second kappa shape index (κ2) is 7.03. The first-order valence-electron chi connectivity index (χ1n) is 7.95. The lowest BCUT2D eigenvalue weighted by molar-refractivity contribution is -0.131. The van der Waals surface area contributed by atoms with E-state index < -0.39 is 11.9 Å². The molecule has 0 saturated carbocycles. The van der Waals surface area contributed by atoms with Gasteiger partial charge in [0.15, 0.2) is 11.5 Å². The Labute approximate surface area is 156 Å². The lowest BCUT2D eigenvalue weighted by atomic mass is 9.86. The molecular formula is C19H19ClFNO4. The Morgan fingerprint density at radius 2 is 1.81 bits per heavy atom. The molecule has 1 aliphatic heterocycles. The number of ether oxygens (including phenoxy) is 3. The minimum Gasteiger partial charge on any atom is -0.493 e. The molecule has 0 aliphatic carbocycles. The Morgan fingerprint density at radius 1 is 1.12 bits per heavy atom. The molecule has 7 heteroatoms. The number of carbonyl (C=O) groups is 1. The number of benzene rings is 2. The summed E-state index contributed by atoms with van der Waals surface area (Å²) in [6.07, 6.45) is 0.154. The summed E-state index contributed by atoms with van der Waals surface area (Å²) in [6, 6.07) is 5.32. The van der Waals surface area contributed by atoms with Crippen LogP contribution in [0.25, 0.3) is 0 Å². The molecule has 1 amide bonds. The molecule has 0 spiro atoms. The summed E-state index contributed by atoms with van der Waals surface area (Å²) in [5.74, 6) is 0.653. The zero-order valence-electron chi connectivity index (χ0n) is 14.9. The molecule has 26 heavy (non-hydrogen) atoms. The van der Waals surface area contributed by atoms with E-state index in [9.17, 15) is 9.18 Å². The van der Waals surface area contributed by atoms with E-state index in [1.54, 1.807) is 13.1 Å². The molecule has 0 bridgehead atoms. The topological polar surface area (TPSA) is 48.0 Å². The highest BCUT2D eigenvalue weighted by atomic mass is 35.5. The first-order chi connectivity index (χ1) is 12.4. The Bertz CT molecular complexity index is 871. The molecule has 1 unspecified atom stereocenters. The lowest BCUT2D eigenvalue weighted by Gasteiger charge is -2.36. The fourth-order valence-electron chi connectivity index (χ4n) is 3.39. The Hall–Kier alpha value is -2.47. The van der Waals surface area contributed by atoms with Crippen LogP contribution in [-0.2, 0) is 11.2 Å². The SMILES string of the molecule is COc1cc2c(c(OC)c1OC)C(c1cc(Cl)ccc1F)N(C)C(=O)C2. The molecule has 2 aromatic rings. The van der Waals surface area contributed by atoms with Crippen LogP contribution in [0.15, 0.2) is 24.3 Å². The predicted molar refractivity (Wildman–Crippen MR) is 95.8 cm³/mol. The van der Waals surface area contributed by atoms with Crippen LogP contribution in [0.1, 0.15) is 22.7 Å². The van der Waals surface area contributed by atoms with Crippen LogP contribution in [0.3, 0.4) is 0 Å². The quantitative estimate of drug-likeness (QED) is 0.814. The van der Waals surface area contributed by atoms with Gasteiger partial charge in [0.25, 0.3) is 0 Å². The number of methoxy groups -OCH3 is 3. The van der Waals surface area contributed by atoms with Gasteiger partial charge in [-0.3, -0.25) is 4.79 Å². The summed E-state index contributed by atoms with van der Waals surface area (Å²) < 4.78 is 31.0. The fraction of sp³-hybridized carbons (Fsp3) is 0.316. The van der Waals surface area contributed by atoms with Gasteiger partial charge in [0.05, 0.1) is 33.8 Å². The first kappa shape index (κ1) is 18.3. The van der Waals surface area contributed by atoms with Gasteiger partial charge < -0.3 is 19.1 Å². The average Bonchev–Trinajstić information content (AvgIpc) is 2.63. The highest BCUT2D eigenvalue weighted by Gasteiger charge is 2.37. The number of hydrogen-bond acceptors (Lipinski definition) is 4. The number of nitrogens with zero attached hydrogens (tertiary/aromatic N) is 1. The van der Waals surface area contributed by atoms with Gasteiger partial charge in [-0.05, 0) is 29.8 Å². The van der Waals surface area contributed by atoms with Crippen molar-refractivity contribution in [2.24, 2.45) is 0 Å². The maximum Gasteiger partial charge on any atom is 0.227 e. The molecule has 0 N–H and O–H groups in total. The zero-order chi connectivity index (χ0) is 19.0. The largest absolute Gasteiger partial charge is 0.493 e. The predicted octanol–water partition coefficient (Wildman–Crippen LogP) is 3.61. The van der Waals surface area contributed by atoms with Crippen molar-refractivity contribution in [3.63, 3.8) is 0 Å². The maximum absolute atomic E-state index is 14.6. The molecule has 5 nitrogen and oxygen atoms in total. The van der Waals surface area contributed by atoms with E-state index >= 15 is 0 Å². The summed E-state index contributed by atoms with van der Waals surface area (Å²) in [4.78, 5) is 14.0. The highest BCUT2D eigenvalue weighted by molar-refractivity contribution is 6.30. The van der Waals surface area contributed by atoms with Crippen molar-refractivity contribution in [3.05, 3.63) is 51.8 Å². The summed E-state index contributed by atoms with van der Waals surface area (Å²) in [5.41, 5.74) is 1.65. The van der Waals surface area contributed by atoms with E-state index in [-0.39, 0.29) is 12.3 Å². The molecule has 1 aliphatic rings. The molecule has 0 saturated heterocycles. The highest BCUT2D eigenvalue weighted by Crippen LogP contribution is 2.49. The van der Waals surface area contributed by atoms with Crippen LogP contribution < -0.4 is 14.2 Å². The monoisotopic (exact) mass is 379 g/mol. The normalized spacial score (nSPS) is 16.3. The van der Waals surface area contributed by atoms with Gasteiger partial charge >= 0.3 is 0 Å². The van der Waals surface area contributed by atoms with Crippen molar-refractivity contribution in [2.45, 2.75) is 12.5 Å². The minimum atomic E-state index is -0.695. The molecule has 0 fully saturated rings. The third-order valence-corrected chi connectivity index (χ3v) is 4.84. The molecule has 2 aromatic carbocycles. The standard InChI is InChI=1S/C19H19ClFNO4/c1-22-15(23)8-10-7-14(24-2)18(25-3)19(26-4)16(10)17(22)12-9-11(20)5-6-13(12)21/h5-7,9,17H,8H2,1-4H3. The number of hydrogen-bond donors (Lipinski definition) is 0.